The number of ether oxygens (including phenoxy) is 1. The highest BCUT2D eigenvalue weighted by Gasteiger charge is 2.29. The molecule has 1 aliphatic heterocycles. The number of aliphatic imine (C=N–C) groups is 1. The number of amidine groups is 1. The molecule has 92 valence electrons. The Hall–Kier alpha value is -1.40. The van der Waals surface area contributed by atoms with E-state index >= 15 is 0 Å². The fraction of sp³-hybridized carbons (Fsp3) is 0.364. The van der Waals surface area contributed by atoms with E-state index in [0.29, 0.717) is 31.2 Å². The predicted molar refractivity (Wildman–Crippen MR) is 64.7 cm³/mol. The minimum Gasteiger partial charge on any atom is -0.380 e. The van der Waals surface area contributed by atoms with E-state index in [1.807, 2.05) is 6.92 Å². The summed E-state index contributed by atoms with van der Waals surface area (Å²) in [6.07, 6.45) is 0. The predicted octanol–water partition coefficient (Wildman–Crippen LogP) is 0.762. The number of fused-ring (bicyclic) bond motifs is 1. The second-order valence-corrected chi connectivity index (χ2v) is 5.18. The summed E-state index contributed by atoms with van der Waals surface area (Å²) in [5.41, 5.74) is 0.629. The van der Waals surface area contributed by atoms with Crippen molar-refractivity contribution in [3.63, 3.8) is 0 Å². The lowest BCUT2D eigenvalue weighted by atomic mass is 10.2. The van der Waals surface area contributed by atoms with Gasteiger partial charge in [0.1, 0.15) is 5.84 Å². The number of hydrogen-bond donors (Lipinski definition) is 1. The van der Waals surface area contributed by atoms with Crippen molar-refractivity contribution in [3.8, 4) is 0 Å². The average Bonchev–Trinajstić information content (AvgIpc) is 2.58. The molecule has 5 nitrogen and oxygen atoms in total. The Kier molecular flexibility index (Phi) is 3.44. The maximum atomic E-state index is 11.7. The molecule has 1 heterocycles. The highest BCUT2D eigenvalue weighted by atomic mass is 32.2. The highest BCUT2D eigenvalue weighted by Crippen LogP contribution is 2.21. The van der Waals surface area contributed by atoms with E-state index in [1.54, 1.807) is 24.3 Å². The van der Waals surface area contributed by atoms with Crippen LogP contribution in [-0.4, -0.2) is 34.0 Å². The van der Waals surface area contributed by atoms with Crippen molar-refractivity contribution in [1.29, 1.82) is 0 Å². The van der Waals surface area contributed by atoms with E-state index in [4.69, 9.17) is 4.74 Å². The van der Waals surface area contributed by atoms with Crippen LogP contribution in [0.25, 0.3) is 0 Å². The third kappa shape index (κ3) is 2.48. The maximum Gasteiger partial charge on any atom is 0.263 e. The lowest BCUT2D eigenvalue weighted by molar-refractivity contribution is 0.156. The Morgan fingerprint density at radius 2 is 2.12 bits per heavy atom. The Balaban J connectivity index is 2.23. The summed E-state index contributed by atoms with van der Waals surface area (Å²) >= 11 is 0. The minimum atomic E-state index is -3.42. The topological polar surface area (TPSA) is 67.8 Å². The molecule has 0 aliphatic carbocycles. The molecule has 1 aromatic rings. The van der Waals surface area contributed by atoms with E-state index in [2.05, 4.69) is 9.71 Å². The molecule has 17 heavy (non-hydrogen) atoms. The number of nitrogens with one attached hydrogen (secondary N) is 1. The first-order valence-corrected chi connectivity index (χ1v) is 6.88. The zero-order chi connectivity index (χ0) is 12.3. The van der Waals surface area contributed by atoms with E-state index < -0.39 is 10.0 Å². The molecule has 1 N–H and O–H groups in total. The van der Waals surface area contributed by atoms with E-state index in [-0.39, 0.29) is 4.90 Å². The van der Waals surface area contributed by atoms with Crippen LogP contribution in [0.1, 0.15) is 12.5 Å². The molecule has 1 aliphatic rings. The summed E-state index contributed by atoms with van der Waals surface area (Å²) in [5.74, 6) is 0.403. The third-order valence-corrected chi connectivity index (χ3v) is 3.77. The summed E-state index contributed by atoms with van der Waals surface area (Å²) in [4.78, 5) is 4.49. The van der Waals surface area contributed by atoms with Gasteiger partial charge in [0.15, 0.2) is 0 Å². The second-order valence-electron chi connectivity index (χ2n) is 3.53. The van der Waals surface area contributed by atoms with Crippen molar-refractivity contribution < 1.29 is 13.2 Å². The Bertz CT molecular complexity index is 537. The van der Waals surface area contributed by atoms with Gasteiger partial charge >= 0.3 is 0 Å². The lowest BCUT2D eigenvalue weighted by Gasteiger charge is -1.99. The minimum absolute atomic E-state index is 0.287. The van der Waals surface area contributed by atoms with Crippen LogP contribution < -0.4 is 4.72 Å². The summed E-state index contributed by atoms with van der Waals surface area (Å²) < 4.78 is 31.0. The number of hydrogen-bond acceptors (Lipinski definition) is 4. The Morgan fingerprint density at radius 1 is 1.35 bits per heavy atom. The van der Waals surface area contributed by atoms with Crippen LogP contribution in [0.15, 0.2) is 34.2 Å². The van der Waals surface area contributed by atoms with Gasteiger partial charge in [-0.25, -0.2) is 8.42 Å². The van der Waals surface area contributed by atoms with Crippen molar-refractivity contribution in [2.45, 2.75) is 11.8 Å². The fourth-order valence-corrected chi connectivity index (χ4v) is 2.87. The molecule has 1 aromatic carbocycles. The summed E-state index contributed by atoms with van der Waals surface area (Å²) in [7, 11) is -3.42. The van der Waals surface area contributed by atoms with Crippen LogP contribution >= 0.6 is 0 Å². The van der Waals surface area contributed by atoms with Crippen molar-refractivity contribution in [3.05, 3.63) is 29.8 Å². The SMILES string of the molecule is CCOCCN=C1NS(=O)(=O)c2ccccc21. The van der Waals surface area contributed by atoms with Gasteiger partial charge in [-0.3, -0.25) is 9.71 Å². The van der Waals surface area contributed by atoms with Crippen LogP contribution in [0.2, 0.25) is 0 Å². The summed E-state index contributed by atoms with van der Waals surface area (Å²) in [5, 5.41) is 0. The van der Waals surface area contributed by atoms with Crippen molar-refractivity contribution >= 4 is 15.9 Å². The Morgan fingerprint density at radius 3 is 2.88 bits per heavy atom. The monoisotopic (exact) mass is 254 g/mol. The van der Waals surface area contributed by atoms with E-state index in [1.165, 1.54) is 0 Å². The van der Waals surface area contributed by atoms with Crippen LogP contribution in [0, 0.1) is 0 Å². The molecule has 0 fully saturated rings. The quantitative estimate of drug-likeness (QED) is 0.807. The van der Waals surface area contributed by atoms with Gasteiger partial charge in [0, 0.05) is 12.2 Å². The largest absolute Gasteiger partial charge is 0.380 e. The summed E-state index contributed by atoms with van der Waals surface area (Å²) in [6, 6.07) is 6.80. The van der Waals surface area contributed by atoms with Gasteiger partial charge in [-0.2, -0.15) is 0 Å². The van der Waals surface area contributed by atoms with Gasteiger partial charge in [-0.1, -0.05) is 12.1 Å². The van der Waals surface area contributed by atoms with Crippen LogP contribution in [0.3, 0.4) is 0 Å². The number of sulfonamides is 1. The molecular formula is C11H14N2O3S. The smallest absolute Gasteiger partial charge is 0.263 e. The summed E-state index contributed by atoms with van der Waals surface area (Å²) in [6.45, 7) is 3.47. The molecule has 0 bridgehead atoms. The fourth-order valence-electron chi connectivity index (χ4n) is 1.62. The average molecular weight is 254 g/mol. The number of rotatable bonds is 4. The van der Waals surface area contributed by atoms with Crippen LogP contribution in [-0.2, 0) is 14.8 Å². The number of benzene rings is 1. The first kappa shape index (κ1) is 12.1. The Labute approximate surface area is 101 Å². The molecular weight excluding hydrogens is 240 g/mol. The highest BCUT2D eigenvalue weighted by molar-refractivity contribution is 7.90. The normalized spacial score (nSPS) is 19.0. The lowest BCUT2D eigenvalue weighted by Crippen LogP contribution is -2.22. The van der Waals surface area contributed by atoms with Crippen molar-refractivity contribution in [2.75, 3.05) is 19.8 Å². The molecule has 0 amide bonds. The van der Waals surface area contributed by atoms with Gasteiger partial charge in [-0.05, 0) is 19.1 Å². The first-order valence-electron chi connectivity index (χ1n) is 5.39. The second kappa shape index (κ2) is 4.85. The molecule has 0 spiro atoms. The first-order chi connectivity index (χ1) is 8.15. The molecule has 2 rings (SSSR count). The van der Waals surface area contributed by atoms with Crippen LogP contribution in [0.4, 0.5) is 0 Å². The molecule has 0 aromatic heterocycles. The molecule has 6 heteroatoms. The van der Waals surface area contributed by atoms with Gasteiger partial charge in [-0.15, -0.1) is 0 Å². The van der Waals surface area contributed by atoms with Gasteiger partial charge in [0.25, 0.3) is 10.0 Å². The van der Waals surface area contributed by atoms with E-state index in [0.717, 1.165) is 0 Å². The van der Waals surface area contributed by atoms with Crippen LogP contribution in [0.5, 0.6) is 0 Å². The standard InChI is InChI=1S/C11H14N2O3S/c1-2-16-8-7-12-11-9-5-3-4-6-10(9)17(14,15)13-11/h3-6H,2,7-8H2,1H3,(H,12,13). The van der Waals surface area contributed by atoms with E-state index in [9.17, 15) is 8.42 Å². The molecule has 0 radical (unpaired) electrons. The molecule has 0 atom stereocenters. The van der Waals surface area contributed by atoms with Crippen molar-refractivity contribution in [1.82, 2.24) is 4.72 Å². The zero-order valence-corrected chi connectivity index (χ0v) is 10.3. The third-order valence-electron chi connectivity index (χ3n) is 2.37. The van der Waals surface area contributed by atoms with Gasteiger partial charge < -0.3 is 4.74 Å². The van der Waals surface area contributed by atoms with Gasteiger partial charge in [0.2, 0.25) is 0 Å². The zero-order valence-electron chi connectivity index (χ0n) is 9.51. The molecule has 0 saturated carbocycles. The molecule has 0 unspecified atom stereocenters. The van der Waals surface area contributed by atoms with Crippen molar-refractivity contribution in [2.24, 2.45) is 4.99 Å². The van der Waals surface area contributed by atoms with Gasteiger partial charge in [0.05, 0.1) is 18.0 Å². The maximum absolute atomic E-state index is 11.7. The number of nitrogens with zero attached hydrogens (tertiary/aromatic N) is 1. The molecule has 0 saturated heterocycles.